The van der Waals surface area contributed by atoms with Crippen LogP contribution in [0.4, 0.5) is 11.4 Å². The van der Waals surface area contributed by atoms with E-state index in [1.54, 1.807) is 35.9 Å². The molecule has 0 aromatic heterocycles. The summed E-state index contributed by atoms with van der Waals surface area (Å²) in [6, 6.07) is 22.7. The second kappa shape index (κ2) is 8.41. The highest BCUT2D eigenvalue weighted by Gasteiger charge is 2.28. The van der Waals surface area contributed by atoms with E-state index in [2.05, 4.69) is 0 Å². The van der Waals surface area contributed by atoms with Crippen LogP contribution in [-0.2, 0) is 20.7 Å². The molecule has 5 nitrogen and oxygen atoms in total. The molecule has 0 saturated carbocycles. The predicted molar refractivity (Wildman–Crippen MR) is 112 cm³/mol. The third-order valence-corrected chi connectivity index (χ3v) is 5.70. The Labute approximate surface area is 173 Å². The highest BCUT2D eigenvalue weighted by atomic mass is 32.2. The maximum atomic E-state index is 13.0. The lowest BCUT2D eigenvalue weighted by Crippen LogP contribution is -2.32. The Bertz CT molecular complexity index is 1020. The number of hydrogen-bond acceptors (Lipinski definition) is 5. The number of nitrogens with zero attached hydrogens (tertiary/aromatic N) is 1. The number of amides is 1. The number of para-hydroxylation sites is 3. The SMILES string of the molecule is COc1ccccc1CC(=O)OCC(=O)N1c2ccccc2Sc2ccccc21. The van der Waals surface area contributed by atoms with Gasteiger partial charge in [0.2, 0.25) is 0 Å². The van der Waals surface area contributed by atoms with Gasteiger partial charge in [-0.25, -0.2) is 0 Å². The zero-order chi connectivity index (χ0) is 20.2. The van der Waals surface area contributed by atoms with Crippen LogP contribution in [0.1, 0.15) is 5.56 Å². The summed E-state index contributed by atoms with van der Waals surface area (Å²) in [5.41, 5.74) is 2.31. The van der Waals surface area contributed by atoms with Gasteiger partial charge in [0.1, 0.15) is 5.75 Å². The fraction of sp³-hybridized carbons (Fsp3) is 0.130. The number of rotatable bonds is 5. The van der Waals surface area contributed by atoms with Crippen molar-refractivity contribution in [3.05, 3.63) is 78.4 Å². The molecular weight excluding hydrogens is 386 g/mol. The molecule has 3 aromatic rings. The molecular formula is C23H19NO4S. The van der Waals surface area contributed by atoms with Crippen LogP contribution in [0.3, 0.4) is 0 Å². The number of ether oxygens (including phenoxy) is 2. The Balaban J connectivity index is 1.50. The lowest BCUT2D eigenvalue weighted by molar-refractivity contribution is -0.147. The van der Waals surface area contributed by atoms with Crippen LogP contribution >= 0.6 is 11.8 Å². The number of anilines is 2. The number of fused-ring (bicyclic) bond motifs is 2. The summed E-state index contributed by atoms with van der Waals surface area (Å²) in [6.45, 7) is -0.332. The van der Waals surface area contributed by atoms with E-state index in [1.165, 1.54) is 0 Å². The molecule has 0 unspecified atom stereocenters. The zero-order valence-electron chi connectivity index (χ0n) is 15.8. The van der Waals surface area contributed by atoms with Crippen molar-refractivity contribution < 1.29 is 19.1 Å². The number of benzene rings is 3. The first-order valence-electron chi connectivity index (χ1n) is 9.14. The topological polar surface area (TPSA) is 55.8 Å². The van der Waals surface area contributed by atoms with Crippen molar-refractivity contribution in [1.29, 1.82) is 0 Å². The van der Waals surface area contributed by atoms with E-state index < -0.39 is 5.97 Å². The highest BCUT2D eigenvalue weighted by Crippen LogP contribution is 2.47. The van der Waals surface area contributed by atoms with Crippen LogP contribution in [0.15, 0.2) is 82.6 Å². The number of carbonyl (C=O) groups excluding carboxylic acids is 2. The first kappa shape index (κ1) is 19.1. The van der Waals surface area contributed by atoms with E-state index in [0.717, 1.165) is 26.7 Å². The van der Waals surface area contributed by atoms with Gasteiger partial charge in [-0.05, 0) is 30.3 Å². The molecule has 0 spiro atoms. The van der Waals surface area contributed by atoms with Crippen LogP contribution in [0.2, 0.25) is 0 Å². The van der Waals surface area contributed by atoms with Gasteiger partial charge < -0.3 is 9.47 Å². The van der Waals surface area contributed by atoms with Crippen LogP contribution in [-0.4, -0.2) is 25.6 Å². The largest absolute Gasteiger partial charge is 0.496 e. The molecule has 29 heavy (non-hydrogen) atoms. The van der Waals surface area contributed by atoms with Gasteiger partial charge in [-0.15, -0.1) is 0 Å². The molecule has 0 fully saturated rings. The van der Waals surface area contributed by atoms with Gasteiger partial charge in [-0.2, -0.15) is 0 Å². The van der Waals surface area contributed by atoms with Crippen LogP contribution in [0, 0.1) is 0 Å². The van der Waals surface area contributed by atoms with Gasteiger partial charge >= 0.3 is 5.97 Å². The molecule has 0 radical (unpaired) electrons. The van der Waals surface area contributed by atoms with E-state index in [0.29, 0.717) is 5.75 Å². The second-order valence-electron chi connectivity index (χ2n) is 6.42. The quantitative estimate of drug-likeness (QED) is 0.580. The monoisotopic (exact) mass is 405 g/mol. The Kier molecular flexibility index (Phi) is 5.53. The number of methoxy groups -OCH3 is 1. The minimum atomic E-state index is -0.476. The molecule has 6 heteroatoms. The summed E-state index contributed by atoms with van der Waals surface area (Å²) in [6.07, 6.45) is 0.0420. The van der Waals surface area contributed by atoms with Gasteiger partial charge in [0.15, 0.2) is 6.61 Å². The fourth-order valence-electron chi connectivity index (χ4n) is 3.24. The molecule has 1 heterocycles. The standard InChI is InChI=1S/C23H19NO4S/c1-27-19-11-5-2-8-16(19)14-23(26)28-15-22(25)24-17-9-3-6-12-20(17)29-21-13-7-4-10-18(21)24/h2-13H,14-15H2,1H3. The maximum Gasteiger partial charge on any atom is 0.310 e. The lowest BCUT2D eigenvalue weighted by Gasteiger charge is -2.30. The van der Waals surface area contributed by atoms with Crippen molar-refractivity contribution >= 4 is 35.0 Å². The molecule has 1 amide bonds. The predicted octanol–water partition coefficient (Wildman–Crippen LogP) is 4.61. The van der Waals surface area contributed by atoms with Gasteiger partial charge in [0, 0.05) is 15.4 Å². The highest BCUT2D eigenvalue weighted by molar-refractivity contribution is 7.99. The Hall–Kier alpha value is -3.25. The number of esters is 1. The van der Waals surface area contributed by atoms with E-state index in [1.807, 2.05) is 60.7 Å². The van der Waals surface area contributed by atoms with E-state index >= 15 is 0 Å². The molecule has 1 aliphatic heterocycles. The zero-order valence-corrected chi connectivity index (χ0v) is 16.6. The van der Waals surface area contributed by atoms with Crippen LogP contribution in [0.5, 0.6) is 5.75 Å². The molecule has 3 aromatic carbocycles. The summed E-state index contributed by atoms with van der Waals surface area (Å²) in [5.74, 6) is -0.152. The number of carbonyl (C=O) groups is 2. The summed E-state index contributed by atoms with van der Waals surface area (Å²) < 4.78 is 10.6. The average Bonchev–Trinajstić information content (AvgIpc) is 2.76. The summed E-state index contributed by atoms with van der Waals surface area (Å²) in [7, 11) is 1.55. The summed E-state index contributed by atoms with van der Waals surface area (Å²) in [5, 5.41) is 0. The van der Waals surface area contributed by atoms with Crippen molar-refractivity contribution in [2.75, 3.05) is 18.6 Å². The second-order valence-corrected chi connectivity index (χ2v) is 7.50. The van der Waals surface area contributed by atoms with E-state index in [4.69, 9.17) is 9.47 Å². The van der Waals surface area contributed by atoms with Crippen LogP contribution in [0.25, 0.3) is 0 Å². The average molecular weight is 405 g/mol. The Morgan fingerprint density at radius 1 is 0.862 bits per heavy atom. The molecule has 146 valence electrons. The molecule has 4 rings (SSSR count). The fourth-order valence-corrected chi connectivity index (χ4v) is 4.29. The van der Waals surface area contributed by atoms with Gasteiger partial charge in [0.25, 0.3) is 5.91 Å². The van der Waals surface area contributed by atoms with Gasteiger partial charge in [-0.3, -0.25) is 14.5 Å². The maximum absolute atomic E-state index is 13.0. The minimum absolute atomic E-state index is 0.0420. The smallest absolute Gasteiger partial charge is 0.310 e. The first-order valence-corrected chi connectivity index (χ1v) is 9.95. The van der Waals surface area contributed by atoms with Crippen molar-refractivity contribution in [3.63, 3.8) is 0 Å². The molecule has 0 N–H and O–H groups in total. The van der Waals surface area contributed by atoms with E-state index in [9.17, 15) is 9.59 Å². The molecule has 0 aliphatic carbocycles. The third-order valence-electron chi connectivity index (χ3n) is 4.57. The minimum Gasteiger partial charge on any atom is -0.496 e. The first-order chi connectivity index (χ1) is 14.2. The van der Waals surface area contributed by atoms with E-state index in [-0.39, 0.29) is 18.9 Å². The van der Waals surface area contributed by atoms with Crippen molar-refractivity contribution in [1.82, 2.24) is 0 Å². The molecule has 0 atom stereocenters. The van der Waals surface area contributed by atoms with Crippen molar-refractivity contribution in [2.24, 2.45) is 0 Å². The van der Waals surface area contributed by atoms with Crippen molar-refractivity contribution in [2.45, 2.75) is 16.2 Å². The Morgan fingerprint density at radius 2 is 1.45 bits per heavy atom. The van der Waals surface area contributed by atoms with Crippen LogP contribution < -0.4 is 9.64 Å². The third kappa shape index (κ3) is 3.98. The summed E-state index contributed by atoms with van der Waals surface area (Å²) in [4.78, 5) is 28.9. The van der Waals surface area contributed by atoms with Gasteiger partial charge in [0.05, 0.1) is 24.9 Å². The summed E-state index contributed by atoms with van der Waals surface area (Å²) >= 11 is 1.62. The molecule has 0 bridgehead atoms. The Morgan fingerprint density at radius 3 is 2.10 bits per heavy atom. The number of hydrogen-bond donors (Lipinski definition) is 0. The van der Waals surface area contributed by atoms with Crippen molar-refractivity contribution in [3.8, 4) is 5.75 Å². The molecule has 0 saturated heterocycles. The lowest BCUT2D eigenvalue weighted by atomic mass is 10.1. The van der Waals surface area contributed by atoms with Gasteiger partial charge in [-0.1, -0.05) is 54.2 Å². The normalized spacial score (nSPS) is 12.0. The molecule has 1 aliphatic rings.